The summed E-state index contributed by atoms with van der Waals surface area (Å²) in [5, 5.41) is 0. The zero-order valence-corrected chi connectivity index (χ0v) is 16.1. The fourth-order valence-electron chi connectivity index (χ4n) is 2.82. The molecule has 0 aromatic heterocycles. The van der Waals surface area contributed by atoms with Gasteiger partial charge in [-0.05, 0) is 25.2 Å². The fraction of sp³-hybridized carbons (Fsp3) is 1.00. The van der Waals surface area contributed by atoms with Gasteiger partial charge in [0.25, 0.3) is 0 Å². The zero-order chi connectivity index (χ0) is 14.6. The second-order valence-electron chi connectivity index (χ2n) is 6.31. The van der Waals surface area contributed by atoms with E-state index in [9.17, 15) is 0 Å². The Morgan fingerprint density at radius 1 is 0.842 bits per heavy atom. The summed E-state index contributed by atoms with van der Waals surface area (Å²) in [5.41, 5.74) is 0.883. The molecule has 1 nitrogen and oxygen atoms in total. The zero-order valence-electron chi connectivity index (χ0n) is 14.1. The van der Waals surface area contributed by atoms with E-state index in [1.54, 1.807) is 0 Å². The third kappa shape index (κ3) is 9.86. The minimum atomic E-state index is -1.44. The van der Waals surface area contributed by atoms with Gasteiger partial charge in [-0.3, -0.25) is 0 Å². The van der Waals surface area contributed by atoms with Gasteiger partial charge in [0, 0.05) is 0 Å². The Morgan fingerprint density at radius 2 is 1.32 bits per heavy atom. The Balaban J connectivity index is 4.13. The molecule has 0 saturated carbocycles. The van der Waals surface area contributed by atoms with Crippen LogP contribution in [0.3, 0.4) is 0 Å². The van der Waals surface area contributed by atoms with Crippen LogP contribution in [0.2, 0.25) is 25.2 Å². The quantitative estimate of drug-likeness (QED) is 0.291. The maximum Gasteiger partial charge on any atom is 0.211 e. The first kappa shape index (κ1) is 19.4. The fourth-order valence-corrected chi connectivity index (χ4v) is 7.39. The van der Waals surface area contributed by atoms with E-state index in [4.69, 9.17) is 4.12 Å². The molecule has 0 aliphatic heterocycles. The van der Waals surface area contributed by atoms with Crippen LogP contribution in [0.15, 0.2) is 0 Å². The first-order chi connectivity index (χ1) is 9.08. The highest BCUT2D eigenvalue weighted by Gasteiger charge is 2.31. The smallest absolute Gasteiger partial charge is 0.211 e. The maximum atomic E-state index is 6.17. The van der Waals surface area contributed by atoms with Crippen LogP contribution in [-0.4, -0.2) is 18.1 Å². The van der Waals surface area contributed by atoms with Gasteiger partial charge in [0.2, 0.25) is 9.76 Å². The predicted octanol–water partition coefficient (Wildman–Crippen LogP) is 6.19. The third-order valence-corrected chi connectivity index (χ3v) is 9.63. The van der Waals surface area contributed by atoms with Gasteiger partial charge in [0.05, 0.1) is 0 Å². The van der Waals surface area contributed by atoms with Crippen LogP contribution in [0.1, 0.15) is 78.1 Å². The normalized spacial score (nSPS) is 12.3. The number of hydrogen-bond donors (Lipinski definition) is 0. The highest BCUT2D eigenvalue weighted by molar-refractivity contribution is 6.76. The summed E-state index contributed by atoms with van der Waals surface area (Å²) in [6.07, 6.45) is 14.0. The molecule has 0 heterocycles. The molecule has 0 saturated heterocycles. The second-order valence-corrected chi connectivity index (χ2v) is 11.6. The summed E-state index contributed by atoms with van der Waals surface area (Å²) in [6.45, 7) is 11.6. The van der Waals surface area contributed by atoms with Crippen molar-refractivity contribution < 1.29 is 4.12 Å². The molecular formula is C16H36OSi2. The summed E-state index contributed by atoms with van der Waals surface area (Å²) in [4.78, 5) is 0. The Labute approximate surface area is 126 Å². The van der Waals surface area contributed by atoms with Gasteiger partial charge >= 0.3 is 0 Å². The highest BCUT2D eigenvalue weighted by Crippen LogP contribution is 2.33. The molecule has 0 rings (SSSR count). The molecular weight excluding hydrogens is 264 g/mol. The number of rotatable bonds is 13. The molecule has 0 aliphatic rings. The van der Waals surface area contributed by atoms with Gasteiger partial charge in [0.1, 0.15) is 0 Å². The average molecular weight is 301 g/mol. The topological polar surface area (TPSA) is 9.23 Å². The van der Waals surface area contributed by atoms with Crippen molar-refractivity contribution in [1.82, 2.24) is 0 Å². The molecule has 0 unspecified atom stereocenters. The summed E-state index contributed by atoms with van der Waals surface area (Å²) >= 11 is 0. The average Bonchev–Trinajstić information content (AvgIpc) is 2.36. The van der Waals surface area contributed by atoms with Gasteiger partial charge in [-0.1, -0.05) is 78.1 Å². The molecule has 2 radical (unpaired) electrons. The standard InChI is InChI=1S/C16H36OSi2/c1-6-8-10-12-14-16(15-13-11-9-7-2)19(4,5)17-18-3/h16H,6-15H2,1-5H3. The van der Waals surface area contributed by atoms with Crippen molar-refractivity contribution in [2.45, 2.75) is 103 Å². The largest absolute Gasteiger partial charge is 0.456 e. The molecule has 0 amide bonds. The van der Waals surface area contributed by atoms with Crippen LogP contribution in [0.5, 0.6) is 0 Å². The molecule has 0 fully saturated rings. The number of hydrogen-bond acceptors (Lipinski definition) is 1. The van der Waals surface area contributed by atoms with Crippen molar-refractivity contribution in [3.05, 3.63) is 0 Å². The minimum absolute atomic E-state index is 0.675. The highest BCUT2D eigenvalue weighted by atomic mass is 28.4. The Hall–Kier alpha value is 0.394. The lowest BCUT2D eigenvalue weighted by Gasteiger charge is -2.32. The second kappa shape index (κ2) is 12.2. The molecule has 0 N–H and O–H groups in total. The van der Waals surface area contributed by atoms with E-state index in [0.717, 1.165) is 5.54 Å². The van der Waals surface area contributed by atoms with Crippen LogP contribution in [0, 0.1) is 0 Å². The van der Waals surface area contributed by atoms with E-state index in [0.29, 0.717) is 9.76 Å². The Bertz CT molecular complexity index is 183. The van der Waals surface area contributed by atoms with Gasteiger partial charge in [-0.15, -0.1) is 0 Å². The van der Waals surface area contributed by atoms with Crippen LogP contribution in [-0.2, 0) is 4.12 Å². The molecule has 19 heavy (non-hydrogen) atoms. The maximum absolute atomic E-state index is 6.17. The van der Waals surface area contributed by atoms with E-state index in [1.807, 2.05) is 0 Å². The monoisotopic (exact) mass is 300 g/mol. The lowest BCUT2D eigenvalue weighted by molar-refractivity contribution is 0.487. The van der Waals surface area contributed by atoms with E-state index in [-0.39, 0.29) is 0 Å². The minimum Gasteiger partial charge on any atom is -0.456 e. The molecule has 0 aromatic rings. The molecule has 0 aliphatic carbocycles. The van der Waals surface area contributed by atoms with Crippen LogP contribution >= 0.6 is 0 Å². The molecule has 0 spiro atoms. The molecule has 114 valence electrons. The van der Waals surface area contributed by atoms with Gasteiger partial charge in [0.15, 0.2) is 8.32 Å². The first-order valence-electron chi connectivity index (χ1n) is 8.43. The van der Waals surface area contributed by atoms with Crippen LogP contribution in [0.4, 0.5) is 0 Å². The Kier molecular flexibility index (Phi) is 12.4. The molecule has 3 heteroatoms. The SMILES string of the molecule is CCCCCCC(CCCCCC)[Si](C)(C)O[Si]C. The first-order valence-corrected chi connectivity index (χ1v) is 12.8. The Morgan fingerprint density at radius 3 is 1.68 bits per heavy atom. The predicted molar refractivity (Wildman–Crippen MR) is 91.5 cm³/mol. The molecule has 0 aromatic carbocycles. The van der Waals surface area contributed by atoms with Crippen LogP contribution < -0.4 is 0 Å². The van der Waals surface area contributed by atoms with Crippen molar-refractivity contribution >= 4 is 18.1 Å². The lowest BCUT2D eigenvalue weighted by atomic mass is 10.1. The van der Waals surface area contributed by atoms with Crippen molar-refractivity contribution in [2.24, 2.45) is 0 Å². The summed E-state index contributed by atoms with van der Waals surface area (Å²) < 4.78 is 6.17. The van der Waals surface area contributed by atoms with E-state index in [2.05, 4.69) is 33.5 Å². The van der Waals surface area contributed by atoms with E-state index in [1.165, 1.54) is 64.2 Å². The van der Waals surface area contributed by atoms with Gasteiger partial charge < -0.3 is 4.12 Å². The van der Waals surface area contributed by atoms with Gasteiger partial charge in [-0.25, -0.2) is 0 Å². The van der Waals surface area contributed by atoms with Crippen LogP contribution in [0.25, 0.3) is 0 Å². The van der Waals surface area contributed by atoms with E-state index < -0.39 is 8.32 Å². The summed E-state index contributed by atoms with van der Waals surface area (Å²) in [6, 6.07) is 0. The number of unbranched alkanes of at least 4 members (excludes halogenated alkanes) is 6. The van der Waals surface area contributed by atoms with Crippen molar-refractivity contribution in [1.29, 1.82) is 0 Å². The summed E-state index contributed by atoms with van der Waals surface area (Å²) in [7, 11) is -0.766. The van der Waals surface area contributed by atoms with Crippen molar-refractivity contribution in [2.75, 3.05) is 0 Å². The van der Waals surface area contributed by atoms with E-state index >= 15 is 0 Å². The molecule has 0 atom stereocenters. The third-order valence-electron chi connectivity index (χ3n) is 4.16. The summed E-state index contributed by atoms with van der Waals surface area (Å²) in [5.74, 6) is 0. The van der Waals surface area contributed by atoms with Crippen molar-refractivity contribution in [3.63, 3.8) is 0 Å². The molecule has 0 bridgehead atoms. The van der Waals surface area contributed by atoms with Gasteiger partial charge in [-0.2, -0.15) is 0 Å². The lowest BCUT2D eigenvalue weighted by Crippen LogP contribution is -2.37. The van der Waals surface area contributed by atoms with Crippen molar-refractivity contribution in [3.8, 4) is 0 Å².